The van der Waals surface area contributed by atoms with E-state index in [0.717, 1.165) is 26.5 Å². The first kappa shape index (κ1) is 15.3. The maximum absolute atomic E-state index is 11.5. The van der Waals surface area contributed by atoms with E-state index in [9.17, 15) is 10.1 Å². The van der Waals surface area contributed by atoms with Gasteiger partial charge < -0.3 is 5.32 Å². The number of aromatic nitrogens is 1. The van der Waals surface area contributed by atoms with E-state index < -0.39 is 0 Å². The van der Waals surface area contributed by atoms with Gasteiger partial charge >= 0.3 is 0 Å². The Morgan fingerprint density at radius 3 is 2.48 bits per heavy atom. The Labute approximate surface area is 147 Å². The number of rotatable bonds is 4. The minimum Gasteiger partial charge on any atom is -0.350 e. The van der Waals surface area contributed by atoms with Crippen LogP contribution in [0.3, 0.4) is 0 Å². The van der Waals surface area contributed by atoms with Crippen molar-refractivity contribution in [3.05, 3.63) is 82.9 Å². The maximum atomic E-state index is 11.5. The predicted octanol–water partition coefficient (Wildman–Crippen LogP) is 5.62. The number of nitro benzene ring substituents is 1. The summed E-state index contributed by atoms with van der Waals surface area (Å²) in [6.45, 7) is 0. The van der Waals surface area contributed by atoms with Crippen molar-refractivity contribution >= 4 is 38.6 Å². The molecular weight excluding hydrogens is 334 g/mol. The van der Waals surface area contributed by atoms with Crippen LogP contribution in [-0.2, 0) is 0 Å². The Morgan fingerprint density at radius 1 is 0.960 bits per heavy atom. The van der Waals surface area contributed by atoms with Crippen molar-refractivity contribution in [2.75, 3.05) is 5.32 Å². The van der Waals surface area contributed by atoms with Gasteiger partial charge in [-0.15, -0.1) is 11.3 Å². The van der Waals surface area contributed by atoms with Crippen molar-refractivity contribution in [2.45, 2.75) is 0 Å². The number of nitrogens with one attached hydrogen (secondary N) is 1. The monoisotopic (exact) mass is 347 g/mol. The zero-order chi connectivity index (χ0) is 17.2. The Hall–Kier alpha value is -3.25. The molecule has 0 unspecified atom stereocenters. The second kappa shape index (κ2) is 6.33. The van der Waals surface area contributed by atoms with Crippen LogP contribution >= 0.6 is 11.3 Å². The zero-order valence-electron chi connectivity index (χ0n) is 13.0. The van der Waals surface area contributed by atoms with Gasteiger partial charge in [-0.2, -0.15) is 0 Å². The average Bonchev–Trinajstić information content (AvgIpc) is 3.07. The van der Waals surface area contributed by atoms with Gasteiger partial charge in [0.05, 0.1) is 15.1 Å². The molecule has 0 saturated heterocycles. The Bertz CT molecular complexity index is 1030. The van der Waals surface area contributed by atoms with Gasteiger partial charge in [0.25, 0.3) is 5.69 Å². The Balaban J connectivity index is 1.75. The lowest BCUT2D eigenvalue weighted by Gasteiger charge is -2.08. The van der Waals surface area contributed by atoms with Gasteiger partial charge in [-0.3, -0.25) is 10.1 Å². The van der Waals surface area contributed by atoms with E-state index >= 15 is 0 Å². The summed E-state index contributed by atoms with van der Waals surface area (Å²) >= 11 is 1.53. The molecule has 1 aromatic heterocycles. The van der Waals surface area contributed by atoms with Gasteiger partial charge in [0.2, 0.25) is 0 Å². The molecule has 0 saturated carbocycles. The standard InChI is InChI=1S/C19H13N3O2S/c23-22(24)17-12-13(19-21-16-8-4-5-9-18(16)25-19)10-11-15(17)20-14-6-2-1-3-7-14/h1-12,20H. The summed E-state index contributed by atoms with van der Waals surface area (Å²) in [5.74, 6) is 0. The molecule has 5 nitrogen and oxygen atoms in total. The number of fused-ring (bicyclic) bond motifs is 1. The van der Waals surface area contributed by atoms with Gasteiger partial charge in [0.1, 0.15) is 10.7 Å². The van der Waals surface area contributed by atoms with Crippen molar-refractivity contribution in [3.8, 4) is 10.6 Å². The number of para-hydroxylation sites is 2. The summed E-state index contributed by atoms with van der Waals surface area (Å²) < 4.78 is 1.06. The third kappa shape index (κ3) is 3.07. The van der Waals surface area contributed by atoms with E-state index in [1.165, 1.54) is 11.3 Å². The van der Waals surface area contributed by atoms with E-state index in [0.29, 0.717) is 5.69 Å². The molecule has 0 radical (unpaired) electrons. The number of thiazole rings is 1. The lowest BCUT2D eigenvalue weighted by molar-refractivity contribution is -0.383. The van der Waals surface area contributed by atoms with Crippen molar-refractivity contribution in [3.63, 3.8) is 0 Å². The topological polar surface area (TPSA) is 68.1 Å². The van der Waals surface area contributed by atoms with E-state index in [1.807, 2.05) is 60.7 Å². The van der Waals surface area contributed by atoms with Crippen LogP contribution in [0.15, 0.2) is 72.8 Å². The number of hydrogen-bond acceptors (Lipinski definition) is 5. The van der Waals surface area contributed by atoms with E-state index in [2.05, 4.69) is 10.3 Å². The highest BCUT2D eigenvalue weighted by atomic mass is 32.1. The third-order valence-corrected chi connectivity index (χ3v) is 4.87. The van der Waals surface area contributed by atoms with Gasteiger partial charge in [-0.1, -0.05) is 30.3 Å². The van der Waals surface area contributed by atoms with Crippen molar-refractivity contribution in [1.82, 2.24) is 4.98 Å². The molecule has 25 heavy (non-hydrogen) atoms. The molecule has 0 amide bonds. The second-order valence-corrected chi connectivity index (χ2v) is 6.50. The van der Waals surface area contributed by atoms with Gasteiger partial charge in [0.15, 0.2) is 0 Å². The van der Waals surface area contributed by atoms with Gasteiger partial charge in [-0.25, -0.2) is 4.98 Å². The molecule has 4 rings (SSSR count). The van der Waals surface area contributed by atoms with E-state index in [4.69, 9.17) is 0 Å². The first-order chi connectivity index (χ1) is 12.2. The number of hydrogen-bond donors (Lipinski definition) is 1. The maximum Gasteiger partial charge on any atom is 0.293 e. The molecule has 0 fully saturated rings. The Morgan fingerprint density at radius 2 is 1.72 bits per heavy atom. The first-order valence-corrected chi connectivity index (χ1v) is 8.49. The average molecular weight is 347 g/mol. The van der Waals surface area contributed by atoms with Crippen LogP contribution in [0.5, 0.6) is 0 Å². The summed E-state index contributed by atoms with van der Waals surface area (Å²) in [7, 11) is 0. The highest BCUT2D eigenvalue weighted by Gasteiger charge is 2.17. The van der Waals surface area contributed by atoms with Crippen LogP contribution in [0.4, 0.5) is 17.1 Å². The minimum atomic E-state index is -0.373. The predicted molar refractivity (Wildman–Crippen MR) is 101 cm³/mol. The summed E-state index contributed by atoms with van der Waals surface area (Å²) in [5.41, 5.74) is 2.93. The third-order valence-electron chi connectivity index (χ3n) is 3.79. The quantitative estimate of drug-likeness (QED) is 0.384. The van der Waals surface area contributed by atoms with Crippen LogP contribution in [0.25, 0.3) is 20.8 Å². The molecule has 1 heterocycles. The molecule has 0 spiro atoms. The van der Waals surface area contributed by atoms with Crippen molar-refractivity contribution in [2.24, 2.45) is 0 Å². The molecule has 122 valence electrons. The normalized spacial score (nSPS) is 10.7. The van der Waals surface area contributed by atoms with Crippen LogP contribution in [0.1, 0.15) is 0 Å². The molecule has 0 atom stereocenters. The number of nitrogens with zero attached hydrogens (tertiary/aromatic N) is 2. The van der Waals surface area contributed by atoms with Crippen LogP contribution in [0, 0.1) is 10.1 Å². The molecule has 4 aromatic rings. The minimum absolute atomic E-state index is 0.0283. The molecule has 0 bridgehead atoms. The van der Waals surface area contributed by atoms with Crippen molar-refractivity contribution < 1.29 is 4.92 Å². The smallest absolute Gasteiger partial charge is 0.293 e. The van der Waals surface area contributed by atoms with Gasteiger partial charge in [-0.05, 0) is 36.4 Å². The number of benzene rings is 3. The summed E-state index contributed by atoms with van der Waals surface area (Å²) in [6, 6.07) is 22.4. The second-order valence-electron chi connectivity index (χ2n) is 5.47. The fraction of sp³-hybridized carbons (Fsp3) is 0. The SMILES string of the molecule is O=[N+]([O-])c1cc(-c2nc3ccccc3s2)ccc1Nc1ccccc1. The summed E-state index contributed by atoms with van der Waals surface area (Å²) in [6.07, 6.45) is 0. The van der Waals surface area contributed by atoms with Gasteiger partial charge in [0, 0.05) is 17.3 Å². The van der Waals surface area contributed by atoms with Crippen LogP contribution in [0.2, 0.25) is 0 Å². The fourth-order valence-corrected chi connectivity index (χ4v) is 3.56. The highest BCUT2D eigenvalue weighted by Crippen LogP contribution is 2.35. The number of anilines is 2. The summed E-state index contributed by atoms with van der Waals surface area (Å²) in [5, 5.41) is 15.4. The molecule has 1 N–H and O–H groups in total. The molecule has 0 aliphatic heterocycles. The molecule has 3 aromatic carbocycles. The molecular formula is C19H13N3O2S. The molecule has 0 aliphatic rings. The van der Waals surface area contributed by atoms with Crippen LogP contribution in [-0.4, -0.2) is 9.91 Å². The van der Waals surface area contributed by atoms with Crippen LogP contribution < -0.4 is 5.32 Å². The largest absolute Gasteiger partial charge is 0.350 e. The Kier molecular flexibility index (Phi) is 3.87. The van der Waals surface area contributed by atoms with E-state index in [1.54, 1.807) is 12.1 Å². The number of nitro groups is 1. The molecule has 0 aliphatic carbocycles. The lowest BCUT2D eigenvalue weighted by Crippen LogP contribution is -1.97. The van der Waals surface area contributed by atoms with E-state index in [-0.39, 0.29) is 10.6 Å². The highest BCUT2D eigenvalue weighted by molar-refractivity contribution is 7.21. The molecule has 6 heteroatoms. The first-order valence-electron chi connectivity index (χ1n) is 7.67. The zero-order valence-corrected chi connectivity index (χ0v) is 13.9. The van der Waals surface area contributed by atoms with Crippen molar-refractivity contribution in [1.29, 1.82) is 0 Å². The summed E-state index contributed by atoms with van der Waals surface area (Å²) in [4.78, 5) is 15.7. The lowest BCUT2D eigenvalue weighted by atomic mass is 10.1. The fourth-order valence-electron chi connectivity index (χ4n) is 2.59.